The van der Waals surface area contributed by atoms with Crippen LogP contribution in [0.15, 0.2) is 29.2 Å². The van der Waals surface area contributed by atoms with Crippen LogP contribution < -0.4 is 0 Å². The Bertz CT molecular complexity index is 909. The Balaban J connectivity index is 2.11. The molecule has 2 rings (SSSR count). The first-order chi connectivity index (χ1) is 14.0. The summed E-state index contributed by atoms with van der Waals surface area (Å²) in [6, 6.07) is 6.34. The van der Waals surface area contributed by atoms with Crippen molar-refractivity contribution < 1.29 is 27.5 Å². The lowest BCUT2D eigenvalue weighted by Crippen LogP contribution is -2.42. The molecule has 0 saturated heterocycles. The number of carbonyl (C=O) groups is 2. The third kappa shape index (κ3) is 7.15. The van der Waals surface area contributed by atoms with Gasteiger partial charge in [0.1, 0.15) is 11.4 Å². The molecule has 0 amide bonds. The number of ether oxygens (including phenoxy) is 2. The van der Waals surface area contributed by atoms with Gasteiger partial charge in [0.15, 0.2) is 6.61 Å². The fourth-order valence-corrected chi connectivity index (χ4v) is 4.62. The number of Topliss-reactive ketones (excluding diaryl/α,β-unsaturated/α-hetero) is 1. The summed E-state index contributed by atoms with van der Waals surface area (Å²) in [6.07, 6.45) is 0.839. The summed E-state index contributed by atoms with van der Waals surface area (Å²) in [7, 11) is -3.78. The van der Waals surface area contributed by atoms with E-state index in [1.807, 2.05) is 6.92 Å². The molecule has 1 aromatic rings. The minimum atomic E-state index is -3.78. The van der Waals surface area contributed by atoms with Crippen molar-refractivity contribution in [3.8, 4) is 11.8 Å². The standard InChI is InChI=1S/C22H29NO6S/c1-17-7-13-20(14-8-17)30(26,27)23(18-9-11-19(24)12-10-18)15-5-6-16-28-21(25)29-22(2,3)4/h7-8,13-14,18H,9-12,15-16H2,1-4H3. The van der Waals surface area contributed by atoms with E-state index in [0.717, 1.165) is 5.56 Å². The molecule has 0 aliphatic heterocycles. The SMILES string of the molecule is Cc1ccc(S(=O)(=O)N(CC#CCOC(=O)OC(C)(C)C)C2CCC(=O)CC2)cc1. The van der Waals surface area contributed by atoms with Crippen LogP contribution >= 0.6 is 0 Å². The molecule has 0 radical (unpaired) electrons. The summed E-state index contributed by atoms with van der Waals surface area (Å²) in [4.78, 5) is 23.3. The Labute approximate surface area is 178 Å². The van der Waals surface area contributed by atoms with E-state index in [9.17, 15) is 18.0 Å². The van der Waals surface area contributed by atoms with Gasteiger partial charge < -0.3 is 9.47 Å². The Morgan fingerprint density at radius 3 is 2.30 bits per heavy atom. The minimum absolute atomic E-state index is 0.0489. The molecular formula is C22H29NO6S. The second-order valence-electron chi connectivity index (χ2n) is 8.24. The van der Waals surface area contributed by atoms with Gasteiger partial charge in [0, 0.05) is 18.9 Å². The number of rotatable bonds is 5. The average Bonchev–Trinajstić information content (AvgIpc) is 2.64. The molecular weight excluding hydrogens is 406 g/mol. The number of hydrogen-bond acceptors (Lipinski definition) is 6. The van der Waals surface area contributed by atoms with Gasteiger partial charge in [-0.3, -0.25) is 4.79 Å². The van der Waals surface area contributed by atoms with Crippen molar-refractivity contribution in [2.75, 3.05) is 13.2 Å². The quantitative estimate of drug-likeness (QED) is 0.520. The maximum atomic E-state index is 13.2. The van der Waals surface area contributed by atoms with Crippen LogP contribution in [0.4, 0.5) is 4.79 Å². The second-order valence-corrected chi connectivity index (χ2v) is 10.1. The molecule has 1 aliphatic carbocycles. The zero-order valence-corrected chi connectivity index (χ0v) is 18.8. The first kappa shape index (κ1) is 23.9. The Kier molecular flexibility index (Phi) is 8.04. The number of carbonyl (C=O) groups excluding carboxylic acids is 2. The maximum absolute atomic E-state index is 13.2. The zero-order chi connectivity index (χ0) is 22.4. The molecule has 0 heterocycles. The van der Waals surface area contributed by atoms with Crippen LogP contribution in [0.1, 0.15) is 52.0 Å². The Morgan fingerprint density at radius 1 is 1.13 bits per heavy atom. The van der Waals surface area contributed by atoms with Gasteiger partial charge in [0.25, 0.3) is 0 Å². The molecule has 7 nitrogen and oxygen atoms in total. The molecule has 164 valence electrons. The number of aryl methyl sites for hydroxylation is 1. The van der Waals surface area contributed by atoms with Crippen molar-refractivity contribution in [2.45, 2.75) is 69.9 Å². The molecule has 1 aromatic carbocycles. The second kappa shape index (κ2) is 10.1. The average molecular weight is 436 g/mol. The smallest absolute Gasteiger partial charge is 0.429 e. The first-order valence-corrected chi connectivity index (χ1v) is 11.3. The lowest BCUT2D eigenvalue weighted by atomic mass is 9.94. The molecule has 0 bridgehead atoms. The van der Waals surface area contributed by atoms with Crippen LogP contribution in [-0.2, 0) is 24.3 Å². The van der Waals surface area contributed by atoms with Crippen molar-refractivity contribution in [3.63, 3.8) is 0 Å². The molecule has 0 atom stereocenters. The molecule has 0 N–H and O–H groups in total. The van der Waals surface area contributed by atoms with E-state index in [2.05, 4.69) is 11.8 Å². The van der Waals surface area contributed by atoms with Crippen molar-refractivity contribution >= 4 is 22.0 Å². The molecule has 0 aromatic heterocycles. The van der Waals surface area contributed by atoms with Crippen molar-refractivity contribution in [2.24, 2.45) is 0 Å². The Morgan fingerprint density at radius 2 is 1.73 bits per heavy atom. The number of benzene rings is 1. The van der Waals surface area contributed by atoms with Gasteiger partial charge in [-0.2, -0.15) is 4.31 Å². The van der Waals surface area contributed by atoms with E-state index < -0.39 is 21.8 Å². The molecule has 30 heavy (non-hydrogen) atoms. The highest BCUT2D eigenvalue weighted by Crippen LogP contribution is 2.26. The predicted molar refractivity (Wildman–Crippen MR) is 112 cm³/mol. The number of nitrogens with zero attached hydrogens (tertiary/aromatic N) is 1. The molecule has 1 aliphatic rings. The zero-order valence-electron chi connectivity index (χ0n) is 17.9. The van der Waals surface area contributed by atoms with Crippen molar-refractivity contribution in [3.05, 3.63) is 29.8 Å². The van der Waals surface area contributed by atoms with Crippen molar-refractivity contribution in [1.29, 1.82) is 0 Å². The molecule has 8 heteroatoms. The first-order valence-electron chi connectivity index (χ1n) is 9.91. The van der Waals surface area contributed by atoms with Gasteiger partial charge in [0.05, 0.1) is 11.4 Å². The van der Waals surface area contributed by atoms with Gasteiger partial charge in [-0.15, -0.1) is 0 Å². The fraction of sp³-hybridized carbons (Fsp3) is 0.545. The molecule has 1 fully saturated rings. The molecule has 0 unspecified atom stereocenters. The topological polar surface area (TPSA) is 90.0 Å². The number of hydrogen-bond donors (Lipinski definition) is 0. The van der Waals surface area contributed by atoms with E-state index in [4.69, 9.17) is 9.47 Å². The minimum Gasteiger partial charge on any atom is -0.429 e. The third-order valence-corrected chi connectivity index (χ3v) is 6.47. The molecule has 1 saturated carbocycles. The lowest BCUT2D eigenvalue weighted by molar-refractivity contribution is -0.120. The van der Waals surface area contributed by atoms with Crippen LogP contribution in [0.2, 0.25) is 0 Å². The highest BCUT2D eigenvalue weighted by molar-refractivity contribution is 7.89. The summed E-state index contributed by atoms with van der Waals surface area (Å²) in [5.41, 5.74) is 0.296. The van der Waals surface area contributed by atoms with E-state index in [-0.39, 0.29) is 29.9 Å². The normalized spacial score (nSPS) is 15.4. The highest BCUT2D eigenvalue weighted by Gasteiger charge is 2.33. The summed E-state index contributed by atoms with van der Waals surface area (Å²) in [5.74, 6) is 5.59. The van der Waals surface area contributed by atoms with Gasteiger partial charge in [-0.1, -0.05) is 29.5 Å². The maximum Gasteiger partial charge on any atom is 0.509 e. The summed E-state index contributed by atoms with van der Waals surface area (Å²) >= 11 is 0. The van der Waals surface area contributed by atoms with Crippen LogP contribution in [0.3, 0.4) is 0 Å². The van der Waals surface area contributed by atoms with E-state index in [0.29, 0.717) is 25.7 Å². The largest absolute Gasteiger partial charge is 0.509 e. The van der Waals surface area contributed by atoms with Crippen LogP contribution in [0.5, 0.6) is 0 Å². The summed E-state index contributed by atoms with van der Waals surface area (Å²) in [6.45, 7) is 6.81. The van der Waals surface area contributed by atoms with Gasteiger partial charge in [-0.05, 0) is 52.7 Å². The summed E-state index contributed by atoms with van der Waals surface area (Å²) in [5, 5.41) is 0. The van der Waals surface area contributed by atoms with Crippen molar-refractivity contribution in [1.82, 2.24) is 4.31 Å². The third-order valence-electron chi connectivity index (χ3n) is 4.56. The molecule has 0 spiro atoms. The van der Waals surface area contributed by atoms with E-state index in [1.165, 1.54) is 4.31 Å². The monoisotopic (exact) mass is 435 g/mol. The van der Waals surface area contributed by atoms with E-state index >= 15 is 0 Å². The predicted octanol–water partition coefficient (Wildman–Crippen LogP) is 3.45. The number of sulfonamides is 1. The Hall–Kier alpha value is -2.37. The van der Waals surface area contributed by atoms with Crippen LogP contribution in [-0.4, -0.2) is 49.5 Å². The van der Waals surface area contributed by atoms with Gasteiger partial charge in [-0.25, -0.2) is 13.2 Å². The van der Waals surface area contributed by atoms with Crippen LogP contribution in [0, 0.1) is 18.8 Å². The van der Waals surface area contributed by atoms with Gasteiger partial charge >= 0.3 is 6.16 Å². The number of ketones is 1. The summed E-state index contributed by atoms with van der Waals surface area (Å²) < 4.78 is 37.7. The van der Waals surface area contributed by atoms with Crippen LogP contribution in [0.25, 0.3) is 0 Å². The highest BCUT2D eigenvalue weighted by atomic mass is 32.2. The lowest BCUT2D eigenvalue weighted by Gasteiger charge is -2.31. The fourth-order valence-electron chi connectivity index (χ4n) is 3.03. The van der Waals surface area contributed by atoms with Gasteiger partial charge in [0.2, 0.25) is 10.0 Å². The van der Waals surface area contributed by atoms with E-state index in [1.54, 1.807) is 45.0 Å².